The van der Waals surface area contributed by atoms with E-state index in [0.29, 0.717) is 10.2 Å². The summed E-state index contributed by atoms with van der Waals surface area (Å²) in [5, 5.41) is 10.6. The molecular formula is C13H9BrN4O. The number of nitrogens with one attached hydrogen (secondary N) is 2. The normalized spacial score (nSPS) is 10.6. The molecule has 19 heavy (non-hydrogen) atoms. The van der Waals surface area contributed by atoms with Gasteiger partial charge in [-0.05, 0) is 40.2 Å². The molecule has 5 nitrogen and oxygen atoms in total. The fourth-order valence-corrected chi connectivity index (χ4v) is 2.18. The van der Waals surface area contributed by atoms with Gasteiger partial charge in [-0.3, -0.25) is 9.89 Å². The smallest absolute Gasteiger partial charge is 0.255 e. The van der Waals surface area contributed by atoms with Crippen molar-refractivity contribution in [1.29, 1.82) is 0 Å². The Labute approximate surface area is 117 Å². The molecule has 1 amide bonds. The van der Waals surface area contributed by atoms with E-state index in [1.807, 2.05) is 18.2 Å². The number of aromatic amines is 1. The van der Waals surface area contributed by atoms with E-state index in [-0.39, 0.29) is 5.91 Å². The number of amides is 1. The molecule has 0 aliphatic rings. The van der Waals surface area contributed by atoms with Crippen molar-refractivity contribution in [3.05, 3.63) is 52.9 Å². The number of H-pyrrole nitrogens is 1. The molecule has 0 spiro atoms. The van der Waals surface area contributed by atoms with Crippen molar-refractivity contribution in [3.8, 4) is 0 Å². The summed E-state index contributed by atoms with van der Waals surface area (Å²) >= 11 is 3.24. The highest BCUT2D eigenvalue weighted by molar-refractivity contribution is 9.10. The average molecular weight is 317 g/mol. The van der Waals surface area contributed by atoms with Gasteiger partial charge >= 0.3 is 0 Å². The number of rotatable bonds is 2. The van der Waals surface area contributed by atoms with E-state index in [9.17, 15) is 4.79 Å². The van der Waals surface area contributed by atoms with Crippen LogP contribution in [0.5, 0.6) is 0 Å². The molecule has 0 radical (unpaired) electrons. The van der Waals surface area contributed by atoms with Crippen LogP contribution in [0.3, 0.4) is 0 Å². The summed E-state index contributed by atoms with van der Waals surface area (Å²) in [6.07, 6.45) is 3.27. The lowest BCUT2D eigenvalue weighted by atomic mass is 10.2. The van der Waals surface area contributed by atoms with Crippen LogP contribution < -0.4 is 5.32 Å². The highest BCUT2D eigenvalue weighted by atomic mass is 79.9. The van der Waals surface area contributed by atoms with Gasteiger partial charge in [-0.25, -0.2) is 4.98 Å². The molecule has 2 N–H and O–H groups in total. The number of carbonyl (C=O) groups is 1. The van der Waals surface area contributed by atoms with E-state index in [1.165, 1.54) is 0 Å². The lowest BCUT2D eigenvalue weighted by Crippen LogP contribution is -2.12. The number of pyridine rings is 1. The number of nitrogens with zero attached hydrogens (tertiary/aromatic N) is 2. The van der Waals surface area contributed by atoms with Gasteiger partial charge in [0.2, 0.25) is 0 Å². The van der Waals surface area contributed by atoms with Gasteiger partial charge in [0.1, 0.15) is 4.60 Å². The molecule has 0 aliphatic carbocycles. The van der Waals surface area contributed by atoms with Crippen LogP contribution in [-0.4, -0.2) is 21.1 Å². The second-order valence-electron chi connectivity index (χ2n) is 3.96. The molecule has 2 aromatic heterocycles. The standard InChI is InChI=1S/C13H9BrN4O/c14-12-6-8(4-5-15-12)13(19)17-10-2-1-3-11-9(10)7-16-18-11/h1-7H,(H,16,18)(H,17,19). The molecule has 6 heteroatoms. The Hall–Kier alpha value is -2.21. The number of hydrogen-bond donors (Lipinski definition) is 2. The van der Waals surface area contributed by atoms with Crippen LogP contribution in [0.2, 0.25) is 0 Å². The van der Waals surface area contributed by atoms with Gasteiger partial charge < -0.3 is 5.32 Å². The van der Waals surface area contributed by atoms with E-state index in [2.05, 4.69) is 36.4 Å². The highest BCUT2D eigenvalue weighted by Crippen LogP contribution is 2.21. The first-order chi connectivity index (χ1) is 9.24. The summed E-state index contributed by atoms with van der Waals surface area (Å²) in [4.78, 5) is 16.1. The first-order valence-electron chi connectivity index (χ1n) is 5.59. The third kappa shape index (κ3) is 2.34. The lowest BCUT2D eigenvalue weighted by Gasteiger charge is -2.06. The van der Waals surface area contributed by atoms with Crippen molar-refractivity contribution in [3.63, 3.8) is 0 Å². The van der Waals surface area contributed by atoms with Crippen molar-refractivity contribution in [2.75, 3.05) is 5.32 Å². The fraction of sp³-hybridized carbons (Fsp3) is 0. The zero-order valence-electron chi connectivity index (χ0n) is 9.72. The number of carbonyl (C=O) groups excluding carboxylic acids is 1. The number of halogens is 1. The van der Waals surface area contributed by atoms with Crippen molar-refractivity contribution >= 4 is 38.4 Å². The van der Waals surface area contributed by atoms with Crippen LogP contribution in [-0.2, 0) is 0 Å². The zero-order chi connectivity index (χ0) is 13.2. The maximum atomic E-state index is 12.1. The SMILES string of the molecule is O=C(Nc1cccc2[nH]ncc12)c1ccnc(Br)c1. The molecular weight excluding hydrogens is 308 g/mol. The van der Waals surface area contributed by atoms with Crippen LogP contribution in [0.25, 0.3) is 10.9 Å². The fourth-order valence-electron chi connectivity index (χ4n) is 1.82. The van der Waals surface area contributed by atoms with Crippen LogP contribution in [0.15, 0.2) is 47.3 Å². The molecule has 3 rings (SSSR count). The Morgan fingerprint density at radius 3 is 3.05 bits per heavy atom. The van der Waals surface area contributed by atoms with Crippen molar-refractivity contribution < 1.29 is 4.79 Å². The van der Waals surface area contributed by atoms with Crippen LogP contribution >= 0.6 is 15.9 Å². The Kier molecular flexibility index (Phi) is 3.00. The monoisotopic (exact) mass is 316 g/mol. The predicted molar refractivity (Wildman–Crippen MR) is 76.0 cm³/mol. The third-order valence-corrected chi connectivity index (χ3v) is 3.16. The quantitative estimate of drug-likeness (QED) is 0.714. The van der Waals surface area contributed by atoms with Crippen LogP contribution in [0, 0.1) is 0 Å². The summed E-state index contributed by atoms with van der Waals surface area (Å²) in [5.41, 5.74) is 2.15. The second-order valence-corrected chi connectivity index (χ2v) is 4.77. The molecule has 0 bridgehead atoms. The van der Waals surface area contributed by atoms with E-state index >= 15 is 0 Å². The number of anilines is 1. The lowest BCUT2D eigenvalue weighted by molar-refractivity contribution is 0.102. The molecule has 1 aromatic carbocycles. The number of aromatic nitrogens is 3. The summed E-state index contributed by atoms with van der Waals surface area (Å²) in [7, 11) is 0. The zero-order valence-corrected chi connectivity index (χ0v) is 11.3. The Morgan fingerprint density at radius 1 is 1.32 bits per heavy atom. The molecule has 0 fully saturated rings. The van der Waals surface area contributed by atoms with Gasteiger partial charge in [0.05, 0.1) is 17.4 Å². The summed E-state index contributed by atoms with van der Waals surface area (Å²) in [5.74, 6) is -0.184. The van der Waals surface area contributed by atoms with E-state index in [4.69, 9.17) is 0 Å². The molecule has 2 heterocycles. The molecule has 0 saturated heterocycles. The van der Waals surface area contributed by atoms with Gasteiger partial charge in [0, 0.05) is 17.1 Å². The summed E-state index contributed by atoms with van der Waals surface area (Å²) in [6, 6.07) is 8.94. The van der Waals surface area contributed by atoms with Gasteiger partial charge in [-0.1, -0.05) is 6.07 Å². The minimum atomic E-state index is -0.184. The predicted octanol–water partition coefficient (Wildman–Crippen LogP) is 2.97. The maximum absolute atomic E-state index is 12.1. The number of benzene rings is 1. The molecule has 0 unspecified atom stereocenters. The van der Waals surface area contributed by atoms with Crippen molar-refractivity contribution in [1.82, 2.24) is 15.2 Å². The minimum Gasteiger partial charge on any atom is -0.321 e. The van der Waals surface area contributed by atoms with Crippen LogP contribution in [0.4, 0.5) is 5.69 Å². The van der Waals surface area contributed by atoms with E-state index < -0.39 is 0 Å². The van der Waals surface area contributed by atoms with Crippen LogP contribution in [0.1, 0.15) is 10.4 Å². The van der Waals surface area contributed by atoms with E-state index in [0.717, 1.165) is 16.6 Å². The molecule has 94 valence electrons. The molecule has 0 aliphatic heterocycles. The van der Waals surface area contributed by atoms with E-state index in [1.54, 1.807) is 24.5 Å². The highest BCUT2D eigenvalue weighted by Gasteiger charge is 2.09. The van der Waals surface area contributed by atoms with Gasteiger partial charge in [0.15, 0.2) is 0 Å². The van der Waals surface area contributed by atoms with Gasteiger partial charge in [-0.2, -0.15) is 5.10 Å². The third-order valence-electron chi connectivity index (χ3n) is 2.72. The average Bonchev–Trinajstić information content (AvgIpc) is 2.88. The Bertz CT molecular complexity index is 753. The largest absolute Gasteiger partial charge is 0.321 e. The summed E-state index contributed by atoms with van der Waals surface area (Å²) in [6.45, 7) is 0. The number of hydrogen-bond acceptors (Lipinski definition) is 3. The summed E-state index contributed by atoms with van der Waals surface area (Å²) < 4.78 is 0.627. The first-order valence-corrected chi connectivity index (χ1v) is 6.38. The first kappa shape index (κ1) is 11.9. The molecule has 0 atom stereocenters. The van der Waals surface area contributed by atoms with Crippen molar-refractivity contribution in [2.24, 2.45) is 0 Å². The topological polar surface area (TPSA) is 70.7 Å². The molecule has 3 aromatic rings. The minimum absolute atomic E-state index is 0.184. The molecule has 0 saturated carbocycles. The van der Waals surface area contributed by atoms with Gasteiger partial charge in [-0.15, -0.1) is 0 Å². The second kappa shape index (κ2) is 4.81. The number of fused-ring (bicyclic) bond motifs is 1. The Morgan fingerprint density at radius 2 is 2.21 bits per heavy atom. The van der Waals surface area contributed by atoms with Gasteiger partial charge in [0.25, 0.3) is 5.91 Å². The van der Waals surface area contributed by atoms with Crippen molar-refractivity contribution in [2.45, 2.75) is 0 Å². The Balaban J connectivity index is 1.93. The maximum Gasteiger partial charge on any atom is 0.255 e.